The first-order valence-electron chi connectivity index (χ1n) is 7.66. The summed E-state index contributed by atoms with van der Waals surface area (Å²) in [6.07, 6.45) is 3.08. The maximum atomic E-state index is 6.05. The Morgan fingerprint density at radius 3 is 2.52 bits per heavy atom. The minimum Gasteiger partial charge on any atom is -0.358 e. The molecule has 1 aromatic carbocycles. The molecule has 0 saturated carbocycles. The Hall–Kier alpha value is -1.54. The summed E-state index contributed by atoms with van der Waals surface area (Å²) in [5, 5.41) is 3.49. The zero-order valence-corrected chi connectivity index (χ0v) is 14.4. The van der Waals surface area contributed by atoms with Crippen molar-refractivity contribution in [1.82, 2.24) is 0 Å². The van der Waals surface area contributed by atoms with Gasteiger partial charge in [-0.2, -0.15) is 0 Å². The van der Waals surface area contributed by atoms with E-state index < -0.39 is 0 Å². The van der Waals surface area contributed by atoms with Gasteiger partial charge in [-0.25, -0.2) is 0 Å². The molecule has 0 heterocycles. The summed E-state index contributed by atoms with van der Waals surface area (Å²) in [7, 11) is 0. The van der Waals surface area contributed by atoms with Crippen molar-refractivity contribution in [2.24, 2.45) is 11.1 Å². The third-order valence-electron chi connectivity index (χ3n) is 3.73. The van der Waals surface area contributed by atoms with Crippen LogP contribution in [-0.4, -0.2) is 6.04 Å². The predicted molar refractivity (Wildman–Crippen MR) is 95.3 cm³/mol. The lowest BCUT2D eigenvalue weighted by molar-refractivity contribution is 0.509. The Labute approximate surface area is 130 Å². The third kappa shape index (κ3) is 5.05. The minimum absolute atomic E-state index is 0.0262. The monoisotopic (exact) mass is 286 g/mol. The molecule has 0 aromatic heterocycles. The second-order valence-corrected chi connectivity index (χ2v) is 6.82. The van der Waals surface area contributed by atoms with E-state index in [1.54, 1.807) is 0 Å². The lowest BCUT2D eigenvalue weighted by atomic mass is 9.92. The van der Waals surface area contributed by atoms with Crippen LogP contribution in [0.15, 0.2) is 36.6 Å². The van der Waals surface area contributed by atoms with E-state index in [-0.39, 0.29) is 11.5 Å². The van der Waals surface area contributed by atoms with Crippen molar-refractivity contribution in [2.45, 2.75) is 54.0 Å². The van der Waals surface area contributed by atoms with E-state index in [1.807, 2.05) is 0 Å². The van der Waals surface area contributed by atoms with Gasteiger partial charge in [0.25, 0.3) is 0 Å². The fourth-order valence-corrected chi connectivity index (χ4v) is 1.98. The molecule has 2 heteroatoms. The van der Waals surface area contributed by atoms with Crippen LogP contribution in [-0.2, 0) is 0 Å². The Morgan fingerprint density at radius 1 is 1.38 bits per heavy atom. The van der Waals surface area contributed by atoms with E-state index in [4.69, 9.17) is 5.73 Å². The van der Waals surface area contributed by atoms with Gasteiger partial charge in [-0.05, 0) is 37.5 Å². The molecule has 21 heavy (non-hydrogen) atoms. The van der Waals surface area contributed by atoms with Gasteiger partial charge < -0.3 is 11.1 Å². The molecule has 1 atom stereocenters. The third-order valence-corrected chi connectivity index (χ3v) is 3.73. The summed E-state index contributed by atoms with van der Waals surface area (Å²) < 4.78 is 0. The van der Waals surface area contributed by atoms with E-state index in [0.29, 0.717) is 0 Å². The molecule has 0 amide bonds. The number of rotatable bonds is 5. The molecule has 0 saturated heterocycles. The first-order chi connectivity index (χ1) is 9.65. The summed E-state index contributed by atoms with van der Waals surface area (Å²) >= 11 is 0. The number of hydrogen-bond acceptors (Lipinski definition) is 2. The molecular formula is C19H30N2. The summed E-state index contributed by atoms with van der Waals surface area (Å²) in [6, 6.07) is 6.56. The van der Waals surface area contributed by atoms with Crippen molar-refractivity contribution < 1.29 is 0 Å². The molecule has 1 rings (SSSR count). The van der Waals surface area contributed by atoms with Gasteiger partial charge in [0.1, 0.15) is 0 Å². The molecule has 1 aromatic rings. The van der Waals surface area contributed by atoms with Crippen molar-refractivity contribution in [1.29, 1.82) is 0 Å². The summed E-state index contributed by atoms with van der Waals surface area (Å²) in [6.45, 7) is 17.0. The van der Waals surface area contributed by atoms with E-state index in [0.717, 1.165) is 17.8 Å². The molecule has 0 aliphatic carbocycles. The molecule has 0 spiro atoms. The number of nitrogens with one attached hydrogen (secondary N) is 1. The standard InChI is InChI=1S/C19H30N2/c1-8-16(20)12-14(3)17-10-9-13(2)11-18(17)21-15(4)19(5,6)7/h9-12,16,21H,4,8,20H2,1-3,5-7H3/b14-12+. The maximum Gasteiger partial charge on any atom is 0.0460 e. The quantitative estimate of drug-likeness (QED) is 0.789. The van der Waals surface area contributed by atoms with Gasteiger partial charge in [0, 0.05) is 28.4 Å². The molecule has 116 valence electrons. The number of anilines is 1. The second-order valence-electron chi connectivity index (χ2n) is 6.82. The SMILES string of the molecule is C=C(Nc1cc(C)ccc1/C(C)=C/C(N)CC)C(C)(C)C. The van der Waals surface area contributed by atoms with Crippen LogP contribution < -0.4 is 11.1 Å². The van der Waals surface area contributed by atoms with Crippen molar-refractivity contribution in [3.63, 3.8) is 0 Å². The molecule has 3 N–H and O–H groups in total. The lowest BCUT2D eigenvalue weighted by Crippen LogP contribution is -2.17. The van der Waals surface area contributed by atoms with Crippen LogP contribution in [0.1, 0.15) is 52.2 Å². The highest BCUT2D eigenvalue weighted by molar-refractivity contribution is 5.77. The van der Waals surface area contributed by atoms with Crippen LogP contribution in [0.5, 0.6) is 0 Å². The van der Waals surface area contributed by atoms with Crippen molar-refractivity contribution in [3.8, 4) is 0 Å². The van der Waals surface area contributed by atoms with E-state index in [2.05, 4.69) is 77.7 Å². The highest BCUT2D eigenvalue weighted by Gasteiger charge is 2.16. The van der Waals surface area contributed by atoms with Gasteiger partial charge >= 0.3 is 0 Å². The van der Waals surface area contributed by atoms with Crippen molar-refractivity contribution in [2.75, 3.05) is 5.32 Å². The fourth-order valence-electron chi connectivity index (χ4n) is 1.98. The van der Waals surface area contributed by atoms with E-state index in [9.17, 15) is 0 Å². The second kappa shape index (κ2) is 6.95. The van der Waals surface area contributed by atoms with Gasteiger partial charge in [-0.3, -0.25) is 0 Å². The summed E-state index contributed by atoms with van der Waals surface area (Å²) in [5.74, 6) is 0. The fraction of sp³-hybridized carbons (Fsp3) is 0.474. The molecular weight excluding hydrogens is 256 g/mol. The predicted octanol–water partition coefficient (Wildman–Crippen LogP) is 5.11. The maximum absolute atomic E-state index is 6.05. The Morgan fingerprint density at radius 2 is 2.00 bits per heavy atom. The van der Waals surface area contributed by atoms with Gasteiger partial charge in [0.15, 0.2) is 0 Å². The van der Waals surface area contributed by atoms with Crippen molar-refractivity contribution >= 4 is 11.3 Å². The van der Waals surface area contributed by atoms with Gasteiger partial charge in [0.05, 0.1) is 0 Å². The molecule has 0 aliphatic heterocycles. The minimum atomic E-state index is 0.0262. The largest absolute Gasteiger partial charge is 0.358 e. The number of benzene rings is 1. The highest BCUT2D eigenvalue weighted by Crippen LogP contribution is 2.30. The van der Waals surface area contributed by atoms with Crippen LogP contribution in [0.3, 0.4) is 0 Å². The van der Waals surface area contributed by atoms with Crippen molar-refractivity contribution in [3.05, 3.63) is 47.7 Å². The lowest BCUT2D eigenvalue weighted by Gasteiger charge is -2.25. The summed E-state index contributed by atoms with van der Waals surface area (Å²) in [4.78, 5) is 0. The van der Waals surface area contributed by atoms with Gasteiger partial charge in [0.2, 0.25) is 0 Å². The molecule has 0 aliphatic rings. The van der Waals surface area contributed by atoms with Crippen LogP contribution >= 0.6 is 0 Å². The number of allylic oxidation sites excluding steroid dienone is 2. The number of hydrogen-bond donors (Lipinski definition) is 2. The first kappa shape index (κ1) is 17.5. The topological polar surface area (TPSA) is 38.0 Å². The van der Waals surface area contributed by atoms with Crippen LogP contribution in [0.2, 0.25) is 0 Å². The normalized spacial score (nSPS) is 14.0. The van der Waals surface area contributed by atoms with E-state index in [1.165, 1.54) is 16.7 Å². The van der Waals surface area contributed by atoms with Crippen LogP contribution in [0, 0.1) is 12.3 Å². The number of nitrogens with two attached hydrogens (primary N) is 1. The van der Waals surface area contributed by atoms with Gasteiger partial charge in [-0.15, -0.1) is 0 Å². The zero-order chi connectivity index (χ0) is 16.2. The zero-order valence-electron chi connectivity index (χ0n) is 14.4. The summed E-state index contributed by atoms with van der Waals surface area (Å²) in [5.41, 5.74) is 11.8. The molecule has 0 radical (unpaired) electrons. The molecule has 2 nitrogen and oxygen atoms in total. The Kier molecular flexibility index (Phi) is 5.79. The highest BCUT2D eigenvalue weighted by atomic mass is 14.9. The van der Waals surface area contributed by atoms with E-state index >= 15 is 0 Å². The smallest absolute Gasteiger partial charge is 0.0460 e. The Balaban J connectivity index is 3.17. The average Bonchev–Trinajstić information content (AvgIpc) is 2.37. The van der Waals surface area contributed by atoms with Gasteiger partial charge in [-0.1, -0.05) is 52.5 Å². The van der Waals surface area contributed by atoms with Crippen LogP contribution in [0.4, 0.5) is 5.69 Å². The number of aryl methyl sites for hydroxylation is 1. The first-order valence-corrected chi connectivity index (χ1v) is 7.66. The molecule has 1 unspecified atom stereocenters. The molecule has 0 bridgehead atoms. The Bertz CT molecular complexity index is 533. The van der Waals surface area contributed by atoms with Crippen LogP contribution in [0.25, 0.3) is 5.57 Å². The molecule has 0 fully saturated rings. The average molecular weight is 286 g/mol.